The van der Waals surface area contributed by atoms with Gasteiger partial charge in [0.25, 0.3) is 5.91 Å². The highest BCUT2D eigenvalue weighted by Crippen LogP contribution is 2.16. The summed E-state index contributed by atoms with van der Waals surface area (Å²) in [6.45, 7) is 1.87. The lowest BCUT2D eigenvalue weighted by Crippen LogP contribution is -2.33. The number of carbonyl (C=O) groups is 1. The molecule has 0 aliphatic carbocycles. The monoisotopic (exact) mass is 381 g/mol. The lowest BCUT2D eigenvalue weighted by Gasteiger charge is -2.15. The first-order valence-corrected chi connectivity index (χ1v) is 8.66. The zero-order valence-electron chi connectivity index (χ0n) is 15.3. The number of nitrogen functional groups attached to an aromatic ring is 1. The van der Waals surface area contributed by atoms with Crippen molar-refractivity contribution in [1.82, 2.24) is 9.99 Å². The van der Waals surface area contributed by atoms with Gasteiger partial charge in [0.15, 0.2) is 11.4 Å². The molecule has 3 rings (SSSR count). The van der Waals surface area contributed by atoms with E-state index in [0.29, 0.717) is 11.1 Å². The lowest BCUT2D eigenvalue weighted by atomic mass is 10.2. The molecular weight excluding hydrogens is 361 g/mol. The van der Waals surface area contributed by atoms with Crippen molar-refractivity contribution in [2.75, 3.05) is 5.84 Å². The van der Waals surface area contributed by atoms with Gasteiger partial charge >= 0.3 is 0 Å². The van der Waals surface area contributed by atoms with Crippen LogP contribution in [0, 0.1) is 12.7 Å². The van der Waals surface area contributed by atoms with Crippen LogP contribution >= 0.6 is 0 Å². The van der Waals surface area contributed by atoms with Gasteiger partial charge in [-0.3, -0.25) is 14.3 Å². The van der Waals surface area contributed by atoms with Crippen LogP contribution in [0.4, 0.5) is 4.39 Å². The number of amides is 1. The Labute approximate surface area is 161 Å². The summed E-state index contributed by atoms with van der Waals surface area (Å²) >= 11 is 0. The smallest absolute Gasteiger partial charge is 0.274 e. The number of ether oxygens (including phenoxy) is 1. The molecular formula is C21H20FN3O3. The van der Waals surface area contributed by atoms with Crippen LogP contribution in [0.3, 0.4) is 0 Å². The Balaban J connectivity index is 1.84. The maximum absolute atomic E-state index is 13.0. The Kier molecular flexibility index (Phi) is 5.74. The Morgan fingerprint density at radius 2 is 1.79 bits per heavy atom. The molecule has 0 saturated carbocycles. The van der Waals surface area contributed by atoms with E-state index >= 15 is 0 Å². The van der Waals surface area contributed by atoms with E-state index in [-0.39, 0.29) is 30.4 Å². The number of nitrogens with two attached hydrogens (primary N) is 1. The van der Waals surface area contributed by atoms with E-state index in [0.717, 1.165) is 10.2 Å². The Hall–Kier alpha value is -3.61. The van der Waals surface area contributed by atoms with Gasteiger partial charge in [-0.1, -0.05) is 42.5 Å². The zero-order valence-corrected chi connectivity index (χ0v) is 15.3. The van der Waals surface area contributed by atoms with E-state index in [2.05, 4.69) is 5.32 Å². The molecule has 0 spiro atoms. The van der Waals surface area contributed by atoms with Gasteiger partial charge in [0.05, 0.1) is 0 Å². The van der Waals surface area contributed by atoms with Crippen LogP contribution in [0.25, 0.3) is 0 Å². The Bertz CT molecular complexity index is 1030. The molecule has 0 aliphatic heterocycles. The molecule has 7 heteroatoms. The van der Waals surface area contributed by atoms with Crippen LogP contribution in [0.15, 0.2) is 65.6 Å². The van der Waals surface area contributed by atoms with Crippen LogP contribution in [-0.2, 0) is 13.2 Å². The summed E-state index contributed by atoms with van der Waals surface area (Å²) in [4.78, 5) is 25.3. The van der Waals surface area contributed by atoms with Crippen molar-refractivity contribution in [3.05, 3.63) is 99.2 Å². The number of nitrogens with zero attached hydrogens (tertiary/aromatic N) is 1. The first kappa shape index (κ1) is 19.2. The van der Waals surface area contributed by atoms with Crippen LogP contribution < -0.4 is 21.3 Å². The third-order valence-electron chi connectivity index (χ3n) is 4.18. The van der Waals surface area contributed by atoms with Gasteiger partial charge in [0, 0.05) is 18.3 Å². The van der Waals surface area contributed by atoms with Crippen LogP contribution in [0.1, 0.15) is 27.2 Å². The third-order valence-corrected chi connectivity index (χ3v) is 4.18. The number of carbonyl (C=O) groups excluding carboxylic acids is 1. The molecule has 0 aliphatic rings. The third kappa shape index (κ3) is 4.37. The molecule has 144 valence electrons. The molecule has 0 bridgehead atoms. The lowest BCUT2D eigenvalue weighted by molar-refractivity contribution is 0.0937. The highest BCUT2D eigenvalue weighted by molar-refractivity contribution is 5.95. The number of aromatic nitrogens is 1. The van der Waals surface area contributed by atoms with Crippen molar-refractivity contribution < 1.29 is 13.9 Å². The second-order valence-electron chi connectivity index (χ2n) is 6.31. The van der Waals surface area contributed by atoms with E-state index in [4.69, 9.17) is 10.6 Å². The summed E-state index contributed by atoms with van der Waals surface area (Å²) in [6.07, 6.45) is 1.38. The van der Waals surface area contributed by atoms with Gasteiger partial charge < -0.3 is 15.9 Å². The van der Waals surface area contributed by atoms with Gasteiger partial charge in [-0.25, -0.2) is 4.39 Å². The molecule has 1 amide bonds. The van der Waals surface area contributed by atoms with E-state index in [1.165, 1.54) is 18.3 Å². The fourth-order valence-corrected chi connectivity index (χ4v) is 2.69. The van der Waals surface area contributed by atoms with Crippen molar-refractivity contribution in [3.8, 4) is 5.75 Å². The minimum Gasteiger partial charge on any atom is -0.482 e. The van der Waals surface area contributed by atoms with E-state index < -0.39 is 11.3 Å². The average Bonchev–Trinajstić information content (AvgIpc) is 2.69. The molecule has 1 aromatic heterocycles. The minimum atomic E-state index is -0.563. The highest BCUT2D eigenvalue weighted by Gasteiger charge is 2.21. The fraction of sp³-hybridized carbons (Fsp3) is 0.143. The number of hydrogen-bond donors (Lipinski definition) is 2. The second kappa shape index (κ2) is 8.39. The summed E-state index contributed by atoms with van der Waals surface area (Å²) in [5.74, 6) is 4.91. The molecule has 0 radical (unpaired) electrons. The summed E-state index contributed by atoms with van der Waals surface area (Å²) in [5.41, 5.74) is 1.45. The summed E-state index contributed by atoms with van der Waals surface area (Å²) < 4.78 is 19.8. The topological polar surface area (TPSA) is 86.3 Å². The van der Waals surface area contributed by atoms with Gasteiger partial charge in [0.1, 0.15) is 12.4 Å². The van der Waals surface area contributed by atoms with E-state index in [1.54, 1.807) is 19.1 Å². The Morgan fingerprint density at radius 3 is 2.46 bits per heavy atom. The molecule has 2 aromatic carbocycles. The number of pyridine rings is 1. The molecule has 0 unspecified atom stereocenters. The number of rotatable bonds is 6. The number of nitrogens with one attached hydrogen (secondary N) is 1. The molecule has 3 N–H and O–H groups in total. The van der Waals surface area contributed by atoms with Crippen molar-refractivity contribution >= 4 is 5.91 Å². The van der Waals surface area contributed by atoms with Crippen LogP contribution in [0.5, 0.6) is 5.75 Å². The molecule has 0 fully saturated rings. The summed E-state index contributed by atoms with van der Waals surface area (Å²) in [5, 5.41) is 2.68. The van der Waals surface area contributed by atoms with Crippen molar-refractivity contribution in [1.29, 1.82) is 0 Å². The number of halogens is 1. The second-order valence-corrected chi connectivity index (χ2v) is 6.31. The predicted molar refractivity (Wildman–Crippen MR) is 104 cm³/mol. The molecule has 3 aromatic rings. The van der Waals surface area contributed by atoms with Crippen molar-refractivity contribution in [2.45, 2.75) is 20.1 Å². The first-order chi connectivity index (χ1) is 13.5. The number of benzene rings is 2. The maximum atomic E-state index is 13.0. The highest BCUT2D eigenvalue weighted by atomic mass is 19.1. The maximum Gasteiger partial charge on any atom is 0.274 e. The minimum absolute atomic E-state index is 0.0753. The molecule has 28 heavy (non-hydrogen) atoms. The van der Waals surface area contributed by atoms with Crippen LogP contribution in [0.2, 0.25) is 0 Å². The fourth-order valence-electron chi connectivity index (χ4n) is 2.69. The van der Waals surface area contributed by atoms with E-state index in [1.807, 2.05) is 30.3 Å². The quantitative estimate of drug-likeness (QED) is 0.643. The normalized spacial score (nSPS) is 10.5. The number of aryl methyl sites for hydroxylation is 1. The van der Waals surface area contributed by atoms with Gasteiger partial charge in [-0.05, 0) is 30.2 Å². The summed E-state index contributed by atoms with van der Waals surface area (Å²) in [6, 6.07) is 15.0. The Morgan fingerprint density at radius 1 is 1.11 bits per heavy atom. The summed E-state index contributed by atoms with van der Waals surface area (Å²) in [7, 11) is 0. The predicted octanol–water partition coefficient (Wildman–Crippen LogP) is 2.52. The number of hydrogen-bond acceptors (Lipinski definition) is 4. The average molecular weight is 381 g/mol. The molecule has 6 nitrogen and oxygen atoms in total. The van der Waals surface area contributed by atoms with Gasteiger partial charge in [-0.15, -0.1) is 0 Å². The molecule has 0 atom stereocenters. The molecule has 1 heterocycles. The van der Waals surface area contributed by atoms with Crippen molar-refractivity contribution in [3.63, 3.8) is 0 Å². The van der Waals surface area contributed by atoms with Crippen LogP contribution in [-0.4, -0.2) is 10.6 Å². The van der Waals surface area contributed by atoms with E-state index in [9.17, 15) is 14.0 Å². The van der Waals surface area contributed by atoms with Gasteiger partial charge in [-0.2, -0.15) is 0 Å². The standard InChI is InChI=1S/C21H20FN3O3/c1-14-12-25(23)18(21(27)24-11-15-7-9-17(22)10-8-15)20(19(14)26)28-13-16-5-3-2-4-6-16/h2-10,12H,11,13,23H2,1H3,(H,24,27). The largest absolute Gasteiger partial charge is 0.482 e. The SMILES string of the molecule is Cc1cn(N)c(C(=O)NCc2ccc(F)cc2)c(OCc2ccccc2)c1=O. The van der Waals surface area contributed by atoms with Crippen molar-refractivity contribution in [2.24, 2.45) is 0 Å². The first-order valence-electron chi connectivity index (χ1n) is 8.66. The zero-order chi connectivity index (χ0) is 20.1. The molecule has 0 saturated heterocycles. The van der Waals surface area contributed by atoms with Gasteiger partial charge in [0.2, 0.25) is 5.43 Å².